The Balaban J connectivity index is 2.01. The van der Waals surface area contributed by atoms with Crippen molar-refractivity contribution >= 4 is 23.5 Å². The van der Waals surface area contributed by atoms with E-state index in [9.17, 15) is 19.8 Å². The first-order valence-electron chi connectivity index (χ1n) is 8.20. The smallest absolute Gasteiger partial charge is 0.309 e. The molecule has 0 radical (unpaired) electrons. The number of alkyl halides is 1. The van der Waals surface area contributed by atoms with Crippen LogP contribution in [0.25, 0.3) is 0 Å². The largest absolute Gasteiger partial charge is 0.462 e. The number of rotatable bonds is 2. The van der Waals surface area contributed by atoms with Gasteiger partial charge in [0.05, 0.1) is 23.0 Å². The van der Waals surface area contributed by atoms with Crippen LogP contribution in [0, 0.1) is 17.8 Å². The zero-order valence-electron chi connectivity index (χ0n) is 13.8. The van der Waals surface area contributed by atoms with Crippen LogP contribution in [-0.2, 0) is 19.1 Å². The molecule has 24 heavy (non-hydrogen) atoms. The first-order chi connectivity index (χ1) is 11.1. The molecule has 0 aromatic heterocycles. The van der Waals surface area contributed by atoms with Crippen LogP contribution in [0.2, 0.25) is 0 Å². The second-order valence-electron chi connectivity index (χ2n) is 7.41. The van der Waals surface area contributed by atoms with E-state index in [1.54, 1.807) is 6.92 Å². The van der Waals surface area contributed by atoms with Crippen molar-refractivity contribution in [1.29, 1.82) is 0 Å². The van der Waals surface area contributed by atoms with Crippen LogP contribution >= 0.6 is 11.6 Å². The van der Waals surface area contributed by atoms with Crippen molar-refractivity contribution in [3.8, 4) is 0 Å². The van der Waals surface area contributed by atoms with Gasteiger partial charge in [-0.15, -0.1) is 11.6 Å². The molecule has 6 nitrogen and oxygen atoms in total. The van der Waals surface area contributed by atoms with Gasteiger partial charge in [-0.25, -0.2) is 0 Å². The molecule has 0 spiro atoms. The highest BCUT2D eigenvalue weighted by molar-refractivity contribution is 6.18. The van der Waals surface area contributed by atoms with Gasteiger partial charge in [0.1, 0.15) is 12.2 Å². The third-order valence-corrected chi connectivity index (χ3v) is 6.48. The molecule has 1 aliphatic heterocycles. The predicted molar refractivity (Wildman–Crippen MR) is 85.2 cm³/mol. The summed E-state index contributed by atoms with van der Waals surface area (Å²) in [6.45, 7) is 6.99. The molecule has 2 aliphatic carbocycles. The van der Waals surface area contributed by atoms with Gasteiger partial charge in [0.25, 0.3) is 0 Å². The molecule has 2 N–H and O–H groups in total. The lowest BCUT2D eigenvalue weighted by molar-refractivity contribution is -0.148. The van der Waals surface area contributed by atoms with E-state index in [2.05, 4.69) is 6.58 Å². The summed E-state index contributed by atoms with van der Waals surface area (Å²) in [6, 6.07) is 0. The van der Waals surface area contributed by atoms with Gasteiger partial charge in [0.15, 0.2) is 0 Å². The lowest BCUT2D eigenvalue weighted by Gasteiger charge is -2.39. The summed E-state index contributed by atoms with van der Waals surface area (Å²) < 4.78 is 10.7. The van der Waals surface area contributed by atoms with Crippen LogP contribution in [0.1, 0.15) is 33.1 Å². The average Bonchev–Trinajstić information content (AvgIpc) is 2.86. The molecule has 0 aromatic carbocycles. The summed E-state index contributed by atoms with van der Waals surface area (Å²) in [6.07, 6.45) is -0.516. The number of ether oxygens (including phenoxy) is 2. The van der Waals surface area contributed by atoms with Crippen LogP contribution in [0.15, 0.2) is 12.2 Å². The first-order valence-corrected chi connectivity index (χ1v) is 8.73. The van der Waals surface area contributed by atoms with Crippen molar-refractivity contribution in [3.63, 3.8) is 0 Å². The Kier molecular flexibility index (Phi) is 4.21. The molecule has 1 saturated heterocycles. The lowest BCUT2D eigenvalue weighted by Crippen LogP contribution is -2.50. The van der Waals surface area contributed by atoms with E-state index in [1.165, 1.54) is 6.92 Å². The van der Waals surface area contributed by atoms with Crippen molar-refractivity contribution in [1.82, 2.24) is 0 Å². The van der Waals surface area contributed by atoms with E-state index < -0.39 is 35.3 Å². The summed E-state index contributed by atoms with van der Waals surface area (Å²) in [5.74, 6) is -2.16. The van der Waals surface area contributed by atoms with Crippen molar-refractivity contribution < 1.29 is 29.3 Å². The van der Waals surface area contributed by atoms with Gasteiger partial charge in [-0.3, -0.25) is 9.59 Å². The summed E-state index contributed by atoms with van der Waals surface area (Å²) in [4.78, 5) is 23.3. The van der Waals surface area contributed by atoms with Gasteiger partial charge in [0, 0.05) is 25.2 Å². The quantitative estimate of drug-likeness (QED) is 0.437. The van der Waals surface area contributed by atoms with Crippen molar-refractivity contribution in [3.05, 3.63) is 12.2 Å². The van der Waals surface area contributed by atoms with Crippen LogP contribution in [0.5, 0.6) is 0 Å². The molecule has 3 rings (SSSR count). The summed E-state index contributed by atoms with van der Waals surface area (Å²) in [5.41, 5.74) is -2.53. The maximum Gasteiger partial charge on any atom is 0.309 e. The van der Waals surface area contributed by atoms with Crippen LogP contribution in [-0.4, -0.2) is 51.4 Å². The van der Waals surface area contributed by atoms with Gasteiger partial charge in [-0.05, 0) is 18.4 Å². The summed E-state index contributed by atoms with van der Waals surface area (Å²) in [5, 5.41) is 22.5. The predicted octanol–water partition coefficient (Wildman–Crippen LogP) is 1.17. The normalized spacial score (nSPS) is 47.6. The lowest BCUT2D eigenvalue weighted by atomic mass is 9.74. The fourth-order valence-electron chi connectivity index (χ4n) is 4.65. The highest BCUT2D eigenvalue weighted by Crippen LogP contribution is 2.56. The van der Waals surface area contributed by atoms with E-state index in [1.807, 2.05) is 0 Å². The third-order valence-electron chi connectivity index (χ3n) is 6.02. The minimum atomic E-state index is -1.45. The van der Waals surface area contributed by atoms with E-state index in [0.717, 1.165) is 0 Å². The zero-order valence-corrected chi connectivity index (χ0v) is 14.6. The molecule has 7 heteroatoms. The number of aliphatic hydroxyl groups is 2. The Morgan fingerprint density at radius 3 is 2.71 bits per heavy atom. The van der Waals surface area contributed by atoms with Gasteiger partial charge >= 0.3 is 11.9 Å². The Morgan fingerprint density at radius 2 is 2.12 bits per heavy atom. The Hall–Kier alpha value is -1.11. The van der Waals surface area contributed by atoms with E-state index in [-0.39, 0.29) is 42.9 Å². The van der Waals surface area contributed by atoms with Crippen molar-refractivity contribution in [2.75, 3.05) is 5.88 Å². The molecule has 1 heterocycles. The molecule has 2 saturated carbocycles. The molecule has 7 atom stereocenters. The minimum absolute atomic E-state index is 0.116. The second kappa shape index (κ2) is 5.71. The first kappa shape index (κ1) is 17.7. The highest BCUT2D eigenvalue weighted by atomic mass is 35.5. The molecular weight excluding hydrogens is 336 g/mol. The number of hydrogen-bond acceptors (Lipinski definition) is 6. The van der Waals surface area contributed by atoms with Crippen molar-refractivity contribution in [2.45, 2.75) is 56.5 Å². The molecule has 0 bridgehead atoms. The summed E-state index contributed by atoms with van der Waals surface area (Å²) in [7, 11) is 0. The molecule has 0 amide bonds. The number of carbonyl (C=O) groups excluding carboxylic acids is 2. The van der Waals surface area contributed by atoms with E-state index in [4.69, 9.17) is 21.1 Å². The number of carbonyl (C=O) groups is 2. The van der Waals surface area contributed by atoms with Crippen LogP contribution in [0.3, 0.4) is 0 Å². The molecule has 7 unspecified atom stereocenters. The Bertz CT molecular complexity index is 592. The van der Waals surface area contributed by atoms with Crippen LogP contribution in [0.4, 0.5) is 0 Å². The monoisotopic (exact) mass is 358 g/mol. The topological polar surface area (TPSA) is 93.1 Å². The zero-order chi connectivity index (χ0) is 17.9. The molecular formula is C17H23ClO6. The average molecular weight is 359 g/mol. The van der Waals surface area contributed by atoms with Gasteiger partial charge in [-0.2, -0.15) is 0 Å². The molecule has 134 valence electrons. The number of halogens is 1. The van der Waals surface area contributed by atoms with Gasteiger partial charge < -0.3 is 19.7 Å². The number of fused-ring (bicyclic) bond motifs is 2. The fourth-order valence-corrected chi connectivity index (χ4v) is 4.95. The molecule has 3 aliphatic rings. The molecule has 0 aromatic rings. The Labute approximate surface area is 145 Å². The fraction of sp³-hybridized carbons (Fsp3) is 0.765. The SMILES string of the molecule is C=C1C(OC(C)=O)CC2C(O)(CCl)CC3OC(=O)C(C)C3CC12O. The Morgan fingerprint density at radius 1 is 1.46 bits per heavy atom. The second-order valence-corrected chi connectivity index (χ2v) is 7.68. The highest BCUT2D eigenvalue weighted by Gasteiger charge is 2.64. The summed E-state index contributed by atoms with van der Waals surface area (Å²) >= 11 is 6.05. The number of hydrogen-bond donors (Lipinski definition) is 2. The third kappa shape index (κ3) is 2.47. The van der Waals surface area contributed by atoms with Crippen LogP contribution < -0.4 is 0 Å². The van der Waals surface area contributed by atoms with E-state index >= 15 is 0 Å². The van der Waals surface area contributed by atoms with E-state index in [0.29, 0.717) is 5.57 Å². The number of esters is 2. The van der Waals surface area contributed by atoms with Gasteiger partial charge in [-0.1, -0.05) is 13.5 Å². The molecule has 3 fully saturated rings. The maximum atomic E-state index is 11.9. The van der Waals surface area contributed by atoms with Gasteiger partial charge in [0.2, 0.25) is 0 Å². The maximum absolute atomic E-state index is 11.9. The van der Waals surface area contributed by atoms with Crippen molar-refractivity contribution in [2.24, 2.45) is 17.8 Å². The minimum Gasteiger partial charge on any atom is -0.462 e. The standard InChI is InChI=1S/C17H23ClO6/c1-8-11-5-17(22)9(2)12(23-10(3)19)4-14(17)16(21,7-18)6-13(11)24-15(8)20/h8,11-14,21-22H,2,4-7H2,1,3H3.